The van der Waals surface area contributed by atoms with Crippen LogP contribution in [-0.4, -0.2) is 40.9 Å². The predicted molar refractivity (Wildman–Crippen MR) is 105 cm³/mol. The highest BCUT2D eigenvalue weighted by Gasteiger charge is 2.41. The van der Waals surface area contributed by atoms with E-state index in [2.05, 4.69) is 40.0 Å². The molecule has 26 heavy (non-hydrogen) atoms. The third-order valence-corrected chi connectivity index (χ3v) is 6.72. The van der Waals surface area contributed by atoms with E-state index in [9.17, 15) is 4.79 Å². The first-order valence-electron chi connectivity index (χ1n) is 8.99. The van der Waals surface area contributed by atoms with Gasteiger partial charge in [0, 0.05) is 51.1 Å². The van der Waals surface area contributed by atoms with Crippen LogP contribution < -0.4 is 15.4 Å². The quantitative estimate of drug-likeness (QED) is 0.695. The second-order valence-electron chi connectivity index (χ2n) is 7.40. The fourth-order valence-electron chi connectivity index (χ4n) is 4.20. The molecule has 2 saturated heterocycles. The number of benzene rings is 1. The molecule has 4 heterocycles. The number of thiazole rings is 1. The molecule has 7 heteroatoms. The average molecular weight is 367 g/mol. The van der Waals surface area contributed by atoms with Crippen LogP contribution in [0.1, 0.15) is 5.56 Å². The SMILES string of the molecule is Cc1cccc2sc(N3CC4CN(c5ccc(=O)n(C)n5)CC4C3)nc12. The van der Waals surface area contributed by atoms with E-state index in [1.54, 1.807) is 24.5 Å². The Labute approximate surface area is 155 Å². The molecule has 2 atom stereocenters. The van der Waals surface area contributed by atoms with Gasteiger partial charge in [0.25, 0.3) is 5.56 Å². The first-order chi connectivity index (χ1) is 12.6. The number of fused-ring (bicyclic) bond motifs is 2. The standard InChI is InChI=1S/C19H21N5OS/c1-12-4-3-5-15-18(12)20-19(26-15)24-10-13-8-23(9-14(13)11-24)16-6-7-17(25)22(2)21-16/h3-7,13-14H,8-11H2,1-2H3. The van der Waals surface area contributed by atoms with Crippen molar-refractivity contribution in [3.05, 3.63) is 46.2 Å². The maximum atomic E-state index is 11.5. The highest BCUT2D eigenvalue weighted by molar-refractivity contribution is 7.22. The maximum Gasteiger partial charge on any atom is 0.266 e. The fourth-order valence-corrected chi connectivity index (χ4v) is 5.27. The molecule has 2 unspecified atom stereocenters. The van der Waals surface area contributed by atoms with Crippen molar-refractivity contribution < 1.29 is 0 Å². The van der Waals surface area contributed by atoms with Crippen molar-refractivity contribution in [3.8, 4) is 0 Å². The maximum absolute atomic E-state index is 11.5. The molecule has 1 aromatic carbocycles. The summed E-state index contributed by atoms with van der Waals surface area (Å²) in [6.45, 7) is 6.22. The van der Waals surface area contributed by atoms with Crippen LogP contribution in [0.15, 0.2) is 35.1 Å². The first-order valence-corrected chi connectivity index (χ1v) is 9.80. The van der Waals surface area contributed by atoms with Crippen LogP contribution in [0.4, 0.5) is 10.9 Å². The number of hydrogen-bond donors (Lipinski definition) is 0. The Morgan fingerprint density at radius 1 is 1.04 bits per heavy atom. The van der Waals surface area contributed by atoms with E-state index in [1.807, 2.05) is 6.07 Å². The van der Waals surface area contributed by atoms with Gasteiger partial charge in [-0.2, -0.15) is 5.10 Å². The lowest BCUT2D eigenvalue weighted by Crippen LogP contribution is -2.30. The van der Waals surface area contributed by atoms with Crippen molar-refractivity contribution >= 4 is 32.5 Å². The van der Waals surface area contributed by atoms with Crippen LogP contribution in [0.25, 0.3) is 10.2 Å². The normalized spacial score (nSPS) is 22.4. The summed E-state index contributed by atoms with van der Waals surface area (Å²) in [6.07, 6.45) is 0. The molecule has 6 nitrogen and oxygen atoms in total. The second kappa shape index (κ2) is 5.81. The summed E-state index contributed by atoms with van der Waals surface area (Å²) in [5.74, 6) is 2.16. The summed E-state index contributed by atoms with van der Waals surface area (Å²) in [5.41, 5.74) is 2.32. The number of aryl methyl sites for hydroxylation is 2. The molecule has 2 aliphatic heterocycles. The van der Waals surface area contributed by atoms with E-state index >= 15 is 0 Å². The van der Waals surface area contributed by atoms with Crippen molar-refractivity contribution in [2.75, 3.05) is 36.0 Å². The Balaban J connectivity index is 1.34. The van der Waals surface area contributed by atoms with Gasteiger partial charge in [0.15, 0.2) is 5.13 Å². The molecule has 2 aromatic heterocycles. The van der Waals surface area contributed by atoms with E-state index < -0.39 is 0 Å². The van der Waals surface area contributed by atoms with Crippen LogP contribution in [-0.2, 0) is 7.05 Å². The van der Waals surface area contributed by atoms with Gasteiger partial charge in [-0.05, 0) is 24.6 Å². The highest BCUT2D eigenvalue weighted by Crippen LogP contribution is 2.38. The Bertz CT molecular complexity index is 1030. The third-order valence-electron chi connectivity index (χ3n) is 5.64. The molecular weight excluding hydrogens is 346 g/mol. The van der Waals surface area contributed by atoms with Crippen LogP contribution in [0.3, 0.4) is 0 Å². The molecule has 0 amide bonds. The molecule has 0 bridgehead atoms. The highest BCUT2D eigenvalue weighted by atomic mass is 32.1. The van der Waals surface area contributed by atoms with E-state index in [-0.39, 0.29) is 5.56 Å². The largest absolute Gasteiger partial charge is 0.354 e. The van der Waals surface area contributed by atoms with Gasteiger partial charge in [0.2, 0.25) is 0 Å². The molecule has 0 N–H and O–H groups in total. The minimum absolute atomic E-state index is 0.0644. The molecule has 0 spiro atoms. The summed E-state index contributed by atoms with van der Waals surface area (Å²) < 4.78 is 2.69. The lowest BCUT2D eigenvalue weighted by Gasteiger charge is -2.22. The Kier molecular flexibility index (Phi) is 3.53. The lowest BCUT2D eigenvalue weighted by molar-refractivity contribution is 0.533. The first kappa shape index (κ1) is 15.8. The molecule has 5 rings (SSSR count). The zero-order valence-electron chi connectivity index (χ0n) is 14.9. The van der Waals surface area contributed by atoms with Crippen molar-refractivity contribution in [2.45, 2.75) is 6.92 Å². The van der Waals surface area contributed by atoms with Crippen LogP contribution in [0.2, 0.25) is 0 Å². The second-order valence-corrected chi connectivity index (χ2v) is 8.41. The van der Waals surface area contributed by atoms with E-state index in [1.165, 1.54) is 14.9 Å². The average Bonchev–Trinajstić information content (AvgIpc) is 3.29. The Hall–Kier alpha value is -2.41. The van der Waals surface area contributed by atoms with Gasteiger partial charge in [0.1, 0.15) is 5.82 Å². The zero-order valence-corrected chi connectivity index (χ0v) is 15.7. The van der Waals surface area contributed by atoms with Crippen LogP contribution in [0, 0.1) is 18.8 Å². The zero-order chi connectivity index (χ0) is 17.8. The van der Waals surface area contributed by atoms with Crippen LogP contribution >= 0.6 is 11.3 Å². The number of anilines is 2. The van der Waals surface area contributed by atoms with Gasteiger partial charge in [-0.3, -0.25) is 4.79 Å². The molecular formula is C19H21N5OS. The smallest absolute Gasteiger partial charge is 0.266 e. The van der Waals surface area contributed by atoms with Crippen LogP contribution in [0.5, 0.6) is 0 Å². The minimum Gasteiger partial charge on any atom is -0.354 e. The van der Waals surface area contributed by atoms with Gasteiger partial charge in [-0.25, -0.2) is 9.67 Å². The van der Waals surface area contributed by atoms with E-state index in [0.717, 1.165) is 42.6 Å². The number of para-hydroxylation sites is 1. The van der Waals surface area contributed by atoms with E-state index in [0.29, 0.717) is 11.8 Å². The molecule has 2 aliphatic rings. The molecule has 3 aromatic rings. The summed E-state index contributed by atoms with van der Waals surface area (Å²) in [7, 11) is 1.71. The van der Waals surface area contributed by atoms with Gasteiger partial charge in [0.05, 0.1) is 10.2 Å². The summed E-state index contributed by atoms with van der Waals surface area (Å²) >= 11 is 1.80. The number of nitrogens with zero attached hydrogens (tertiary/aromatic N) is 5. The topological polar surface area (TPSA) is 54.3 Å². The van der Waals surface area contributed by atoms with E-state index in [4.69, 9.17) is 4.98 Å². The van der Waals surface area contributed by atoms with Gasteiger partial charge < -0.3 is 9.80 Å². The summed E-state index contributed by atoms with van der Waals surface area (Å²) in [5, 5.41) is 5.55. The predicted octanol–water partition coefficient (Wildman–Crippen LogP) is 2.27. The molecule has 0 aliphatic carbocycles. The fraction of sp³-hybridized carbons (Fsp3) is 0.421. The molecule has 2 fully saturated rings. The Morgan fingerprint density at radius 2 is 1.77 bits per heavy atom. The van der Waals surface area contributed by atoms with Gasteiger partial charge >= 0.3 is 0 Å². The lowest BCUT2D eigenvalue weighted by atomic mass is 10.0. The molecule has 134 valence electrons. The third kappa shape index (κ3) is 2.49. The van der Waals surface area contributed by atoms with Gasteiger partial charge in [-0.15, -0.1) is 0 Å². The number of hydrogen-bond acceptors (Lipinski definition) is 6. The summed E-state index contributed by atoms with van der Waals surface area (Å²) in [6, 6.07) is 9.84. The minimum atomic E-state index is -0.0644. The molecule has 0 radical (unpaired) electrons. The summed E-state index contributed by atoms with van der Waals surface area (Å²) in [4.78, 5) is 21.2. The van der Waals surface area contributed by atoms with Crippen molar-refractivity contribution in [2.24, 2.45) is 18.9 Å². The number of rotatable bonds is 2. The van der Waals surface area contributed by atoms with Gasteiger partial charge in [-0.1, -0.05) is 23.5 Å². The van der Waals surface area contributed by atoms with Crippen molar-refractivity contribution in [1.82, 2.24) is 14.8 Å². The van der Waals surface area contributed by atoms with Crippen molar-refractivity contribution in [3.63, 3.8) is 0 Å². The monoisotopic (exact) mass is 367 g/mol. The number of aromatic nitrogens is 3. The van der Waals surface area contributed by atoms with Crippen molar-refractivity contribution in [1.29, 1.82) is 0 Å². The Morgan fingerprint density at radius 3 is 2.46 bits per heavy atom. The molecule has 0 saturated carbocycles.